The number of amides is 1. The van der Waals surface area contributed by atoms with E-state index in [4.69, 9.17) is 4.74 Å². The Kier molecular flexibility index (Phi) is 7.82. The highest BCUT2D eigenvalue weighted by Gasteiger charge is 2.31. The quantitative estimate of drug-likeness (QED) is 0.334. The smallest absolute Gasteiger partial charge is 0.416 e. The van der Waals surface area contributed by atoms with Gasteiger partial charge in [0.25, 0.3) is 5.91 Å². The number of hydrogen-bond donors (Lipinski definition) is 1. The van der Waals surface area contributed by atoms with E-state index >= 15 is 0 Å². The summed E-state index contributed by atoms with van der Waals surface area (Å²) in [7, 11) is -2.86. The van der Waals surface area contributed by atoms with Gasteiger partial charge in [-0.25, -0.2) is 17.8 Å². The van der Waals surface area contributed by atoms with Crippen molar-refractivity contribution in [3.05, 3.63) is 77.7 Å². The lowest BCUT2D eigenvalue weighted by atomic mass is 10.2. The molecule has 0 atom stereocenters. The molecule has 0 aliphatic carbocycles. The number of hydrogen-bond acceptors (Lipinski definition) is 6. The lowest BCUT2D eigenvalue weighted by molar-refractivity contribution is -0.137. The Morgan fingerprint density at radius 2 is 1.82 bits per heavy atom. The van der Waals surface area contributed by atoms with Crippen molar-refractivity contribution < 1.29 is 35.5 Å². The maximum Gasteiger partial charge on any atom is 0.416 e. The SMILES string of the molecule is COc1c(F)cnc(SCCS(=O)(=O)c2cccc(C(F)(F)F)c2)c1NC(=O)c1ccccc1. The number of nitrogens with zero attached hydrogens (tertiary/aromatic N) is 1. The van der Waals surface area contributed by atoms with E-state index in [1.54, 1.807) is 30.3 Å². The van der Waals surface area contributed by atoms with Crippen LogP contribution in [-0.2, 0) is 16.0 Å². The van der Waals surface area contributed by atoms with Crippen LogP contribution in [0.5, 0.6) is 5.75 Å². The van der Waals surface area contributed by atoms with Crippen LogP contribution in [0.15, 0.2) is 70.7 Å². The summed E-state index contributed by atoms with van der Waals surface area (Å²) in [6.45, 7) is 0. The number of aromatic nitrogens is 1. The van der Waals surface area contributed by atoms with Crippen molar-refractivity contribution in [2.75, 3.05) is 23.9 Å². The second kappa shape index (κ2) is 10.4. The Morgan fingerprint density at radius 3 is 2.47 bits per heavy atom. The molecule has 0 saturated heterocycles. The molecule has 1 heterocycles. The highest BCUT2D eigenvalue weighted by molar-refractivity contribution is 8.00. The molecule has 6 nitrogen and oxygen atoms in total. The lowest BCUT2D eigenvalue weighted by Crippen LogP contribution is -2.15. The van der Waals surface area contributed by atoms with E-state index in [0.29, 0.717) is 6.07 Å². The van der Waals surface area contributed by atoms with Crippen LogP contribution in [0.1, 0.15) is 15.9 Å². The Balaban J connectivity index is 1.80. The molecule has 3 rings (SSSR count). The molecule has 1 aromatic heterocycles. The standard InChI is InChI=1S/C22H18F4N2O4S2/c1-32-19-17(23)13-27-21(18(19)28-20(29)14-6-3-2-4-7-14)33-10-11-34(30,31)16-9-5-8-15(12-16)22(24,25)26/h2-9,12-13H,10-11H2,1H3,(H,28,29). The lowest BCUT2D eigenvalue weighted by Gasteiger charge is -2.15. The van der Waals surface area contributed by atoms with E-state index in [2.05, 4.69) is 10.3 Å². The van der Waals surface area contributed by atoms with Crippen LogP contribution in [0.3, 0.4) is 0 Å². The molecule has 34 heavy (non-hydrogen) atoms. The van der Waals surface area contributed by atoms with E-state index < -0.39 is 43.9 Å². The molecule has 12 heteroatoms. The van der Waals surface area contributed by atoms with Gasteiger partial charge in [-0.15, -0.1) is 11.8 Å². The molecule has 180 valence electrons. The summed E-state index contributed by atoms with van der Waals surface area (Å²) < 4.78 is 83.2. The number of carbonyl (C=O) groups is 1. The number of sulfone groups is 1. The number of benzene rings is 2. The van der Waals surface area contributed by atoms with Crippen LogP contribution in [-0.4, -0.2) is 37.9 Å². The average molecular weight is 515 g/mol. The first kappa shape index (κ1) is 25.5. The monoisotopic (exact) mass is 514 g/mol. The van der Waals surface area contributed by atoms with Gasteiger partial charge in [-0.05, 0) is 30.3 Å². The molecule has 1 amide bonds. The van der Waals surface area contributed by atoms with Gasteiger partial charge in [-0.2, -0.15) is 13.2 Å². The highest BCUT2D eigenvalue weighted by Crippen LogP contribution is 2.36. The molecule has 0 aliphatic heterocycles. The van der Waals surface area contributed by atoms with Gasteiger partial charge >= 0.3 is 6.18 Å². The third-order valence-electron chi connectivity index (χ3n) is 4.54. The maximum atomic E-state index is 14.2. The van der Waals surface area contributed by atoms with Crippen molar-refractivity contribution in [3.63, 3.8) is 0 Å². The van der Waals surface area contributed by atoms with Crippen molar-refractivity contribution in [1.29, 1.82) is 0 Å². The average Bonchev–Trinajstić information content (AvgIpc) is 2.80. The number of pyridine rings is 1. The summed E-state index contributed by atoms with van der Waals surface area (Å²) >= 11 is 0.880. The van der Waals surface area contributed by atoms with Gasteiger partial charge < -0.3 is 10.1 Å². The normalized spacial score (nSPS) is 11.8. The molecule has 0 bridgehead atoms. The van der Waals surface area contributed by atoms with Gasteiger partial charge in [-0.3, -0.25) is 4.79 Å². The molecule has 0 radical (unpaired) electrons. The van der Waals surface area contributed by atoms with Crippen LogP contribution in [0.25, 0.3) is 0 Å². The first-order valence-electron chi connectivity index (χ1n) is 9.64. The van der Waals surface area contributed by atoms with E-state index in [1.807, 2.05) is 0 Å². The summed E-state index contributed by atoms with van der Waals surface area (Å²) in [5.41, 5.74) is -0.869. The van der Waals surface area contributed by atoms with Crippen LogP contribution in [0.4, 0.5) is 23.2 Å². The Morgan fingerprint density at radius 1 is 1.12 bits per heavy atom. The summed E-state index contributed by atoms with van der Waals surface area (Å²) in [6, 6.07) is 11.6. The Hall–Kier alpha value is -3.12. The molecule has 1 N–H and O–H groups in total. The summed E-state index contributed by atoms with van der Waals surface area (Å²) in [5.74, 6) is -2.35. The van der Waals surface area contributed by atoms with Gasteiger partial charge in [0.1, 0.15) is 10.7 Å². The molecule has 0 saturated carbocycles. The van der Waals surface area contributed by atoms with Gasteiger partial charge in [-0.1, -0.05) is 24.3 Å². The highest BCUT2D eigenvalue weighted by atomic mass is 32.2. The minimum atomic E-state index is -4.68. The number of thioether (sulfide) groups is 1. The maximum absolute atomic E-state index is 14.2. The number of anilines is 1. The van der Waals surface area contributed by atoms with E-state index in [1.165, 1.54) is 7.11 Å². The number of rotatable bonds is 8. The number of halogens is 4. The fourth-order valence-electron chi connectivity index (χ4n) is 2.88. The van der Waals surface area contributed by atoms with Crippen LogP contribution in [0, 0.1) is 5.82 Å². The largest absolute Gasteiger partial charge is 0.491 e. The number of carbonyl (C=O) groups excluding carboxylic acids is 1. The Bertz CT molecular complexity index is 1280. The summed E-state index contributed by atoms with van der Waals surface area (Å²) in [6.07, 6.45) is -3.82. The molecule has 0 spiro atoms. The molecule has 3 aromatic rings. The van der Waals surface area contributed by atoms with Crippen molar-refractivity contribution >= 4 is 33.2 Å². The zero-order chi connectivity index (χ0) is 24.9. The van der Waals surface area contributed by atoms with E-state index in [0.717, 1.165) is 36.2 Å². The second-order valence-electron chi connectivity index (χ2n) is 6.83. The van der Waals surface area contributed by atoms with Gasteiger partial charge in [0.2, 0.25) is 0 Å². The molecular weight excluding hydrogens is 496 g/mol. The number of nitrogens with one attached hydrogen (secondary N) is 1. The third kappa shape index (κ3) is 6.06. The predicted molar refractivity (Wildman–Crippen MR) is 119 cm³/mol. The third-order valence-corrected chi connectivity index (χ3v) is 7.51. The van der Waals surface area contributed by atoms with Crippen molar-refractivity contribution in [2.45, 2.75) is 16.1 Å². The van der Waals surface area contributed by atoms with E-state index in [-0.39, 0.29) is 27.8 Å². The van der Waals surface area contributed by atoms with Crippen LogP contribution >= 0.6 is 11.8 Å². The second-order valence-corrected chi connectivity index (χ2v) is 10.0. The number of alkyl halides is 3. The molecular formula is C22H18F4N2O4S2. The molecule has 2 aromatic carbocycles. The molecule has 0 unspecified atom stereocenters. The van der Waals surface area contributed by atoms with E-state index in [9.17, 15) is 30.8 Å². The first-order chi connectivity index (χ1) is 16.0. The van der Waals surface area contributed by atoms with Crippen LogP contribution < -0.4 is 10.1 Å². The van der Waals surface area contributed by atoms with Crippen molar-refractivity contribution in [1.82, 2.24) is 4.98 Å². The topological polar surface area (TPSA) is 85.4 Å². The zero-order valence-corrected chi connectivity index (χ0v) is 19.2. The minimum Gasteiger partial charge on any atom is -0.491 e. The molecule has 0 aliphatic rings. The summed E-state index contributed by atoms with van der Waals surface area (Å²) in [4.78, 5) is 16.0. The van der Waals surface area contributed by atoms with Crippen LogP contribution in [0.2, 0.25) is 0 Å². The van der Waals surface area contributed by atoms with Gasteiger partial charge in [0.05, 0.1) is 29.5 Å². The summed E-state index contributed by atoms with van der Waals surface area (Å²) in [5, 5.41) is 2.61. The van der Waals surface area contributed by atoms with Crippen molar-refractivity contribution in [3.8, 4) is 5.75 Å². The van der Waals surface area contributed by atoms with Gasteiger partial charge in [0, 0.05) is 11.3 Å². The first-order valence-corrected chi connectivity index (χ1v) is 12.3. The Labute approximate surface area is 197 Å². The van der Waals surface area contributed by atoms with Gasteiger partial charge in [0.15, 0.2) is 21.4 Å². The zero-order valence-electron chi connectivity index (χ0n) is 17.6. The molecule has 0 fully saturated rings. The van der Waals surface area contributed by atoms with Crippen molar-refractivity contribution in [2.24, 2.45) is 0 Å². The number of methoxy groups -OCH3 is 1. The number of ether oxygens (including phenoxy) is 1. The minimum absolute atomic E-state index is 0.0850. The predicted octanol–water partition coefficient (Wildman–Crippen LogP) is 5.07. The fraction of sp³-hybridized carbons (Fsp3) is 0.182. The fourth-order valence-corrected chi connectivity index (χ4v) is 5.53.